The Morgan fingerprint density at radius 2 is 1.78 bits per heavy atom. The fourth-order valence-electron chi connectivity index (χ4n) is 2.59. The van der Waals surface area contributed by atoms with E-state index in [2.05, 4.69) is 19.2 Å². The van der Waals surface area contributed by atoms with Crippen LogP contribution in [0.4, 0.5) is 4.79 Å². The summed E-state index contributed by atoms with van der Waals surface area (Å²) in [5.41, 5.74) is 2.61. The van der Waals surface area contributed by atoms with Gasteiger partial charge in [0.15, 0.2) is 0 Å². The van der Waals surface area contributed by atoms with E-state index < -0.39 is 0 Å². The minimum atomic E-state index is -0.0243. The summed E-state index contributed by atoms with van der Waals surface area (Å²) < 4.78 is 0. The van der Waals surface area contributed by atoms with E-state index in [9.17, 15) is 4.79 Å². The average Bonchev–Trinajstić information content (AvgIpc) is 2.50. The van der Waals surface area contributed by atoms with Crippen molar-refractivity contribution in [2.24, 2.45) is 11.8 Å². The van der Waals surface area contributed by atoms with Gasteiger partial charge < -0.3 is 5.32 Å². The lowest BCUT2D eigenvalue weighted by molar-refractivity contribution is 0.209. The van der Waals surface area contributed by atoms with Crippen LogP contribution in [0, 0.1) is 11.8 Å². The largest absolute Gasteiger partial charge is 0.325 e. The van der Waals surface area contributed by atoms with Gasteiger partial charge in [0.2, 0.25) is 0 Å². The van der Waals surface area contributed by atoms with Crippen LogP contribution in [-0.4, -0.2) is 17.0 Å². The predicted molar refractivity (Wildman–Crippen MR) is 76.0 cm³/mol. The highest BCUT2D eigenvalue weighted by molar-refractivity contribution is 5.78. The van der Waals surface area contributed by atoms with E-state index in [4.69, 9.17) is 0 Å². The predicted octanol–water partition coefficient (Wildman–Crippen LogP) is 3.89. The molecule has 3 nitrogen and oxygen atoms in total. The number of urea groups is 1. The highest BCUT2D eigenvalue weighted by atomic mass is 16.2. The maximum atomic E-state index is 11.8. The van der Waals surface area contributed by atoms with Gasteiger partial charge in [-0.15, -0.1) is 0 Å². The number of hydrogen-bond acceptors (Lipinski definition) is 1. The Hall–Kier alpha value is -1.25. The molecule has 1 saturated carbocycles. The van der Waals surface area contributed by atoms with Gasteiger partial charge in [-0.3, -0.25) is 4.90 Å². The summed E-state index contributed by atoms with van der Waals surface area (Å²) in [6.07, 6.45) is 5.11. The van der Waals surface area contributed by atoms with Gasteiger partial charge in [-0.1, -0.05) is 27.7 Å². The first-order valence-electron chi connectivity index (χ1n) is 7.01. The summed E-state index contributed by atoms with van der Waals surface area (Å²) in [6.45, 7) is 12.5. The second-order valence-corrected chi connectivity index (χ2v) is 5.17. The van der Waals surface area contributed by atoms with E-state index in [1.54, 1.807) is 4.90 Å². The van der Waals surface area contributed by atoms with Gasteiger partial charge in [0.05, 0.1) is 0 Å². The molecule has 2 unspecified atom stereocenters. The number of nitrogens with one attached hydrogen (secondary N) is 1. The lowest BCUT2D eigenvalue weighted by Gasteiger charge is -2.22. The van der Waals surface area contributed by atoms with E-state index in [-0.39, 0.29) is 12.1 Å². The third kappa shape index (κ3) is 2.77. The number of fused-ring (bicyclic) bond motifs is 1. The zero-order chi connectivity index (χ0) is 13.9. The Morgan fingerprint density at radius 3 is 2.33 bits per heavy atom. The van der Waals surface area contributed by atoms with Crippen molar-refractivity contribution < 1.29 is 4.79 Å². The second kappa shape index (κ2) is 6.07. The van der Waals surface area contributed by atoms with Crippen LogP contribution >= 0.6 is 0 Å². The van der Waals surface area contributed by atoms with Crippen LogP contribution in [0.3, 0.4) is 0 Å². The molecule has 18 heavy (non-hydrogen) atoms. The van der Waals surface area contributed by atoms with Crippen molar-refractivity contribution in [3.63, 3.8) is 0 Å². The number of hydrogen-bond donors (Lipinski definition) is 1. The Bertz CT molecular complexity index is 369. The molecule has 0 aromatic carbocycles. The highest BCUT2D eigenvalue weighted by Crippen LogP contribution is 2.40. The van der Waals surface area contributed by atoms with Crippen molar-refractivity contribution in [3.05, 3.63) is 23.5 Å². The molecule has 1 aliphatic carbocycles. The number of allylic oxidation sites excluding steroid dienone is 2. The summed E-state index contributed by atoms with van der Waals surface area (Å²) in [5, 5.41) is 2.87. The van der Waals surface area contributed by atoms with Crippen molar-refractivity contribution >= 4 is 6.03 Å². The number of rotatable bonds is 1. The molecule has 102 valence electrons. The quantitative estimate of drug-likeness (QED) is 0.752. The summed E-state index contributed by atoms with van der Waals surface area (Å²) >= 11 is 0. The van der Waals surface area contributed by atoms with Crippen LogP contribution in [-0.2, 0) is 0 Å². The van der Waals surface area contributed by atoms with E-state index in [1.807, 2.05) is 40.1 Å². The van der Waals surface area contributed by atoms with Crippen molar-refractivity contribution in [2.75, 3.05) is 0 Å². The average molecular weight is 250 g/mol. The standard InChI is InChI=1S/C13H20N2O.C2H6/c1-8(2)15-7-12-10(4)5-9(3)11(12)6-14-13(15)16;1-2/h6-10H,5H2,1-4H3,(H,14,16);1-2H3. The van der Waals surface area contributed by atoms with Crippen LogP contribution in [0.15, 0.2) is 23.5 Å². The lowest BCUT2D eigenvalue weighted by Crippen LogP contribution is -2.37. The summed E-state index contributed by atoms with van der Waals surface area (Å²) in [7, 11) is 0. The third-order valence-corrected chi connectivity index (χ3v) is 3.52. The first kappa shape index (κ1) is 14.8. The fourth-order valence-corrected chi connectivity index (χ4v) is 2.59. The summed E-state index contributed by atoms with van der Waals surface area (Å²) in [6, 6.07) is 0.173. The molecule has 0 spiro atoms. The molecule has 0 radical (unpaired) electrons. The van der Waals surface area contributed by atoms with Crippen molar-refractivity contribution in [1.29, 1.82) is 0 Å². The van der Waals surface area contributed by atoms with E-state index in [0.717, 1.165) is 0 Å². The molecule has 2 aliphatic rings. The topological polar surface area (TPSA) is 32.3 Å². The first-order chi connectivity index (χ1) is 8.50. The molecule has 1 N–H and O–H groups in total. The normalized spacial score (nSPS) is 26.6. The number of carbonyl (C=O) groups excluding carboxylic acids is 1. The van der Waals surface area contributed by atoms with Crippen LogP contribution in [0.1, 0.15) is 48.0 Å². The first-order valence-corrected chi connectivity index (χ1v) is 7.01. The molecule has 0 aromatic rings. The third-order valence-electron chi connectivity index (χ3n) is 3.52. The van der Waals surface area contributed by atoms with E-state index in [0.29, 0.717) is 11.8 Å². The van der Waals surface area contributed by atoms with Crippen molar-refractivity contribution in [3.8, 4) is 0 Å². The Morgan fingerprint density at radius 1 is 1.22 bits per heavy atom. The minimum Gasteiger partial charge on any atom is -0.314 e. The molecule has 3 heteroatoms. The summed E-state index contributed by atoms with van der Waals surface area (Å²) in [4.78, 5) is 13.6. The van der Waals surface area contributed by atoms with Gasteiger partial charge in [-0.2, -0.15) is 0 Å². The molecule has 1 fully saturated rings. The van der Waals surface area contributed by atoms with Gasteiger partial charge in [0.1, 0.15) is 0 Å². The number of amides is 2. The van der Waals surface area contributed by atoms with Gasteiger partial charge in [0, 0.05) is 18.4 Å². The molecule has 1 heterocycles. The highest BCUT2D eigenvalue weighted by Gasteiger charge is 2.31. The van der Waals surface area contributed by atoms with Crippen LogP contribution < -0.4 is 5.32 Å². The molecule has 0 bridgehead atoms. The minimum absolute atomic E-state index is 0.0243. The van der Waals surface area contributed by atoms with Crippen LogP contribution in [0.25, 0.3) is 0 Å². The summed E-state index contributed by atoms with van der Waals surface area (Å²) in [5.74, 6) is 1.10. The molecule has 2 amide bonds. The molecule has 1 aliphatic heterocycles. The van der Waals surface area contributed by atoms with E-state index in [1.165, 1.54) is 17.6 Å². The van der Waals surface area contributed by atoms with Crippen molar-refractivity contribution in [1.82, 2.24) is 10.2 Å². The Balaban J connectivity index is 0.000000771. The zero-order valence-corrected chi connectivity index (χ0v) is 12.4. The van der Waals surface area contributed by atoms with Crippen molar-refractivity contribution in [2.45, 2.75) is 54.0 Å². The number of nitrogens with zero attached hydrogens (tertiary/aromatic N) is 1. The zero-order valence-electron chi connectivity index (χ0n) is 12.4. The van der Waals surface area contributed by atoms with Crippen LogP contribution in [0.2, 0.25) is 0 Å². The van der Waals surface area contributed by atoms with Crippen LogP contribution in [0.5, 0.6) is 0 Å². The molecular formula is C15H26N2O. The van der Waals surface area contributed by atoms with Gasteiger partial charge in [0.25, 0.3) is 0 Å². The molecule has 2 rings (SSSR count). The van der Waals surface area contributed by atoms with Gasteiger partial charge in [-0.25, -0.2) is 4.79 Å². The lowest BCUT2D eigenvalue weighted by atomic mass is 10.0. The fraction of sp³-hybridized carbons (Fsp3) is 0.667. The second-order valence-electron chi connectivity index (χ2n) is 5.17. The smallest absolute Gasteiger partial charge is 0.314 e. The monoisotopic (exact) mass is 250 g/mol. The maximum absolute atomic E-state index is 11.8. The maximum Gasteiger partial charge on any atom is 0.325 e. The number of carbonyl (C=O) groups is 1. The molecule has 2 atom stereocenters. The Kier molecular flexibility index (Phi) is 5.00. The van der Waals surface area contributed by atoms with E-state index >= 15 is 0 Å². The van der Waals surface area contributed by atoms with Gasteiger partial charge in [-0.05, 0) is 43.3 Å². The van der Waals surface area contributed by atoms with Gasteiger partial charge >= 0.3 is 6.03 Å². The molecule has 0 aromatic heterocycles. The Labute approximate surface area is 111 Å². The molecule has 0 saturated heterocycles. The molecular weight excluding hydrogens is 224 g/mol. The SMILES string of the molecule is CC.CC1CC(C)C2=CN(C(C)C)C(=O)NC=C21.